The Morgan fingerprint density at radius 1 is 1.20 bits per heavy atom. The molecule has 0 spiro atoms. The van der Waals surface area contributed by atoms with Crippen molar-refractivity contribution in [3.05, 3.63) is 29.8 Å². The molecule has 0 bridgehead atoms. The molecule has 0 radical (unpaired) electrons. The van der Waals surface area contributed by atoms with Gasteiger partial charge >= 0.3 is 0 Å². The number of anilines is 1. The maximum Gasteiger partial charge on any atom is 0.251 e. The van der Waals surface area contributed by atoms with E-state index in [2.05, 4.69) is 23.6 Å². The third-order valence-corrected chi connectivity index (χ3v) is 4.54. The summed E-state index contributed by atoms with van der Waals surface area (Å²) in [7, 11) is 0. The Balaban J connectivity index is 1.62. The minimum atomic E-state index is 0.0599. The Hall–Kier alpha value is -1.51. The first-order valence-corrected chi connectivity index (χ1v) is 7.90. The van der Waals surface area contributed by atoms with Crippen molar-refractivity contribution in [2.75, 3.05) is 5.32 Å². The van der Waals surface area contributed by atoms with E-state index in [0.717, 1.165) is 30.0 Å². The second-order valence-corrected chi connectivity index (χ2v) is 6.31. The van der Waals surface area contributed by atoms with Gasteiger partial charge in [-0.15, -0.1) is 0 Å². The van der Waals surface area contributed by atoms with E-state index in [1.807, 2.05) is 18.2 Å². The van der Waals surface area contributed by atoms with E-state index in [1.54, 1.807) is 0 Å². The van der Waals surface area contributed by atoms with Crippen LogP contribution in [0.1, 0.15) is 55.8 Å². The molecule has 20 heavy (non-hydrogen) atoms. The number of carbonyl (C=O) groups excluding carboxylic acids is 1. The Morgan fingerprint density at radius 2 is 1.95 bits per heavy atom. The van der Waals surface area contributed by atoms with Gasteiger partial charge in [0.15, 0.2) is 0 Å². The van der Waals surface area contributed by atoms with Gasteiger partial charge in [-0.05, 0) is 56.7 Å². The smallest absolute Gasteiger partial charge is 0.251 e. The third kappa shape index (κ3) is 3.33. The van der Waals surface area contributed by atoms with Gasteiger partial charge in [-0.1, -0.05) is 18.9 Å². The van der Waals surface area contributed by atoms with Crippen molar-refractivity contribution in [3.8, 4) is 0 Å². The molecule has 3 rings (SSSR count). The van der Waals surface area contributed by atoms with Crippen molar-refractivity contribution in [2.45, 2.75) is 57.5 Å². The van der Waals surface area contributed by atoms with Crippen molar-refractivity contribution >= 4 is 11.6 Å². The van der Waals surface area contributed by atoms with Crippen molar-refractivity contribution in [1.29, 1.82) is 0 Å². The number of hydrogen-bond donors (Lipinski definition) is 2. The molecule has 2 saturated carbocycles. The second kappa shape index (κ2) is 5.86. The summed E-state index contributed by atoms with van der Waals surface area (Å²) >= 11 is 0. The number of hydrogen-bond acceptors (Lipinski definition) is 2. The maximum atomic E-state index is 12.1. The summed E-state index contributed by atoms with van der Waals surface area (Å²) in [4.78, 5) is 12.1. The molecule has 108 valence electrons. The molecular weight excluding hydrogens is 248 g/mol. The average Bonchev–Trinajstić information content (AvgIpc) is 3.08. The number of amides is 1. The molecule has 1 aromatic carbocycles. The van der Waals surface area contributed by atoms with Crippen LogP contribution in [-0.2, 0) is 0 Å². The molecule has 1 amide bonds. The van der Waals surface area contributed by atoms with Gasteiger partial charge in [0.25, 0.3) is 5.91 Å². The minimum Gasteiger partial charge on any atom is -0.382 e. The first-order valence-electron chi connectivity index (χ1n) is 7.90. The summed E-state index contributed by atoms with van der Waals surface area (Å²) in [5, 5.41) is 6.61. The summed E-state index contributed by atoms with van der Waals surface area (Å²) in [5.74, 6) is 0.837. The van der Waals surface area contributed by atoms with Crippen LogP contribution in [0.3, 0.4) is 0 Å². The summed E-state index contributed by atoms with van der Waals surface area (Å²) in [6, 6.07) is 8.78. The van der Waals surface area contributed by atoms with Crippen LogP contribution in [0.25, 0.3) is 0 Å². The fourth-order valence-corrected chi connectivity index (χ4v) is 3.08. The van der Waals surface area contributed by atoms with Gasteiger partial charge in [0.1, 0.15) is 0 Å². The maximum absolute atomic E-state index is 12.1. The summed E-state index contributed by atoms with van der Waals surface area (Å²) in [6.45, 7) is 2.26. The van der Waals surface area contributed by atoms with E-state index in [4.69, 9.17) is 0 Å². The lowest BCUT2D eigenvalue weighted by Crippen LogP contribution is -2.26. The van der Waals surface area contributed by atoms with E-state index in [0.29, 0.717) is 12.1 Å². The van der Waals surface area contributed by atoms with Crippen molar-refractivity contribution < 1.29 is 4.79 Å². The lowest BCUT2D eigenvalue weighted by Gasteiger charge is -2.21. The van der Waals surface area contributed by atoms with E-state index in [-0.39, 0.29) is 5.91 Å². The first-order chi connectivity index (χ1) is 9.72. The summed E-state index contributed by atoms with van der Waals surface area (Å²) < 4.78 is 0. The largest absolute Gasteiger partial charge is 0.382 e. The molecule has 2 aliphatic carbocycles. The first kappa shape index (κ1) is 13.5. The van der Waals surface area contributed by atoms with Gasteiger partial charge in [0.05, 0.1) is 0 Å². The number of benzene rings is 1. The summed E-state index contributed by atoms with van der Waals surface area (Å²) in [6.07, 6.45) is 7.64. The number of rotatable bonds is 5. The molecule has 1 aromatic rings. The highest BCUT2D eigenvalue weighted by Gasteiger charge is 2.24. The van der Waals surface area contributed by atoms with Gasteiger partial charge in [0.2, 0.25) is 0 Å². The number of carbonyl (C=O) groups is 1. The van der Waals surface area contributed by atoms with Crippen molar-refractivity contribution in [1.82, 2.24) is 5.32 Å². The van der Waals surface area contributed by atoms with Crippen LogP contribution >= 0.6 is 0 Å². The van der Waals surface area contributed by atoms with Crippen LogP contribution in [0.2, 0.25) is 0 Å². The zero-order chi connectivity index (χ0) is 13.9. The lowest BCUT2D eigenvalue weighted by molar-refractivity contribution is 0.0951. The van der Waals surface area contributed by atoms with Crippen LogP contribution < -0.4 is 10.6 Å². The predicted molar refractivity (Wildman–Crippen MR) is 82.0 cm³/mol. The molecule has 3 heteroatoms. The average molecular weight is 272 g/mol. The Kier molecular flexibility index (Phi) is 3.95. The van der Waals surface area contributed by atoms with Crippen LogP contribution in [0.4, 0.5) is 5.69 Å². The molecule has 1 unspecified atom stereocenters. The molecular formula is C17H24N2O. The van der Waals surface area contributed by atoms with E-state index in [9.17, 15) is 4.79 Å². The molecule has 2 fully saturated rings. The van der Waals surface area contributed by atoms with Gasteiger partial charge in [-0.25, -0.2) is 0 Å². The van der Waals surface area contributed by atoms with Gasteiger partial charge in [0, 0.05) is 23.3 Å². The SMILES string of the molecule is CC(Nc1cccc(C(=O)NC2CC2)c1)C1CCCC1. The predicted octanol–water partition coefficient (Wildman–Crippen LogP) is 3.57. The van der Waals surface area contributed by atoms with Gasteiger partial charge in [-0.2, -0.15) is 0 Å². The highest BCUT2D eigenvalue weighted by atomic mass is 16.1. The fraction of sp³-hybridized carbons (Fsp3) is 0.588. The fourth-order valence-electron chi connectivity index (χ4n) is 3.08. The Bertz CT molecular complexity index is 476. The Morgan fingerprint density at radius 3 is 2.65 bits per heavy atom. The second-order valence-electron chi connectivity index (χ2n) is 6.31. The van der Waals surface area contributed by atoms with E-state index < -0.39 is 0 Å². The highest BCUT2D eigenvalue weighted by Crippen LogP contribution is 2.29. The number of nitrogens with one attached hydrogen (secondary N) is 2. The monoisotopic (exact) mass is 272 g/mol. The molecule has 1 atom stereocenters. The molecule has 0 aliphatic heterocycles. The molecule has 2 aliphatic rings. The molecule has 0 heterocycles. The Labute approximate surface area is 121 Å². The topological polar surface area (TPSA) is 41.1 Å². The summed E-state index contributed by atoms with van der Waals surface area (Å²) in [5.41, 5.74) is 1.83. The zero-order valence-corrected chi connectivity index (χ0v) is 12.2. The standard InChI is InChI=1S/C17H24N2O/c1-12(13-5-2-3-6-13)18-16-8-4-7-14(11-16)17(20)19-15-9-10-15/h4,7-8,11-13,15,18H,2-3,5-6,9-10H2,1H3,(H,19,20). The molecule has 3 nitrogen and oxygen atoms in total. The van der Waals surface area contributed by atoms with E-state index in [1.165, 1.54) is 25.7 Å². The van der Waals surface area contributed by atoms with Crippen LogP contribution in [-0.4, -0.2) is 18.0 Å². The van der Waals surface area contributed by atoms with Crippen molar-refractivity contribution in [3.63, 3.8) is 0 Å². The normalized spacial score (nSPS) is 20.6. The molecule has 2 N–H and O–H groups in total. The zero-order valence-electron chi connectivity index (χ0n) is 12.2. The minimum absolute atomic E-state index is 0.0599. The third-order valence-electron chi connectivity index (χ3n) is 4.54. The van der Waals surface area contributed by atoms with Crippen molar-refractivity contribution in [2.24, 2.45) is 5.92 Å². The van der Waals surface area contributed by atoms with Crippen LogP contribution in [0.5, 0.6) is 0 Å². The van der Waals surface area contributed by atoms with Crippen LogP contribution in [0.15, 0.2) is 24.3 Å². The molecule has 0 saturated heterocycles. The van der Waals surface area contributed by atoms with Crippen LogP contribution in [0, 0.1) is 5.92 Å². The molecule has 0 aromatic heterocycles. The highest BCUT2D eigenvalue weighted by molar-refractivity contribution is 5.95. The van der Waals surface area contributed by atoms with E-state index >= 15 is 0 Å². The quantitative estimate of drug-likeness (QED) is 0.860. The lowest BCUT2D eigenvalue weighted by atomic mass is 9.99. The van der Waals surface area contributed by atoms with Gasteiger partial charge < -0.3 is 10.6 Å². The van der Waals surface area contributed by atoms with Gasteiger partial charge in [-0.3, -0.25) is 4.79 Å².